The molecule has 2 N–H and O–H groups in total. The number of nitrogens with zero attached hydrogens (tertiary/aromatic N) is 1. The lowest BCUT2D eigenvalue weighted by atomic mass is 10.2. The normalized spacial score (nSPS) is 10.6. The summed E-state index contributed by atoms with van der Waals surface area (Å²) in [5.41, 5.74) is 1.29. The van der Waals surface area contributed by atoms with Crippen molar-refractivity contribution in [2.24, 2.45) is 0 Å². The molecule has 4 nitrogen and oxygen atoms in total. The van der Waals surface area contributed by atoms with Crippen molar-refractivity contribution in [2.75, 3.05) is 0 Å². The maximum Gasteiger partial charge on any atom is 0.251 e. The van der Waals surface area contributed by atoms with Crippen LogP contribution in [0.4, 0.5) is 0 Å². The monoisotopic (exact) mass is 326 g/mol. The van der Waals surface area contributed by atoms with Gasteiger partial charge in [0.1, 0.15) is 0 Å². The molecule has 0 saturated heterocycles. The lowest BCUT2D eigenvalue weighted by Gasteiger charge is -2.07. The molecule has 0 radical (unpaired) electrons. The van der Waals surface area contributed by atoms with Gasteiger partial charge in [0.15, 0.2) is 5.16 Å². The van der Waals surface area contributed by atoms with Gasteiger partial charge in [0.05, 0.1) is 6.61 Å². The summed E-state index contributed by atoms with van der Waals surface area (Å²) in [5.74, 6) is 0. The van der Waals surface area contributed by atoms with Gasteiger partial charge in [0, 0.05) is 21.1 Å². The highest BCUT2D eigenvalue weighted by atomic mass is 79.9. The fraction of sp³-hybridized carbons (Fsp3) is 0.167. The van der Waals surface area contributed by atoms with Crippen molar-refractivity contribution >= 4 is 27.7 Å². The number of nitrogens with one attached hydrogen (secondary N) is 1. The molecule has 1 heterocycles. The van der Waals surface area contributed by atoms with E-state index in [0.29, 0.717) is 10.9 Å². The van der Waals surface area contributed by atoms with E-state index in [9.17, 15) is 9.90 Å². The third-order valence-corrected chi connectivity index (χ3v) is 3.73. The summed E-state index contributed by atoms with van der Waals surface area (Å²) < 4.78 is 0.914. The summed E-state index contributed by atoms with van der Waals surface area (Å²) in [6.07, 6.45) is 0. The molecule has 0 aliphatic carbocycles. The SMILES string of the molecule is Cc1cc(=O)[nH]c(Sc2cc(Br)ccc2CO)n1. The molecular weight excluding hydrogens is 316 g/mol. The molecule has 1 aromatic heterocycles. The fourth-order valence-electron chi connectivity index (χ4n) is 1.46. The highest BCUT2D eigenvalue weighted by molar-refractivity contribution is 9.10. The minimum atomic E-state index is -0.175. The largest absolute Gasteiger partial charge is 0.392 e. The quantitative estimate of drug-likeness (QED) is 0.850. The third-order valence-electron chi connectivity index (χ3n) is 2.25. The number of hydrogen-bond donors (Lipinski definition) is 2. The minimum Gasteiger partial charge on any atom is -0.392 e. The number of aromatic nitrogens is 2. The van der Waals surface area contributed by atoms with Gasteiger partial charge < -0.3 is 10.1 Å². The molecule has 0 fully saturated rings. The van der Waals surface area contributed by atoms with Crippen molar-refractivity contribution < 1.29 is 5.11 Å². The third kappa shape index (κ3) is 3.22. The van der Waals surface area contributed by atoms with Gasteiger partial charge in [0.2, 0.25) is 0 Å². The highest BCUT2D eigenvalue weighted by Gasteiger charge is 2.07. The van der Waals surface area contributed by atoms with Gasteiger partial charge in [-0.2, -0.15) is 0 Å². The van der Waals surface area contributed by atoms with Crippen LogP contribution in [0.15, 0.2) is 43.6 Å². The Morgan fingerprint density at radius 1 is 1.44 bits per heavy atom. The van der Waals surface area contributed by atoms with Crippen LogP contribution >= 0.6 is 27.7 Å². The number of aromatic amines is 1. The minimum absolute atomic E-state index is 0.0499. The van der Waals surface area contributed by atoms with Gasteiger partial charge in [-0.3, -0.25) is 4.79 Å². The van der Waals surface area contributed by atoms with Crippen molar-refractivity contribution in [1.29, 1.82) is 0 Å². The summed E-state index contributed by atoms with van der Waals surface area (Å²) in [4.78, 5) is 19.1. The summed E-state index contributed by atoms with van der Waals surface area (Å²) in [6, 6.07) is 7.03. The van der Waals surface area contributed by atoms with Gasteiger partial charge in [0.25, 0.3) is 5.56 Å². The molecule has 6 heteroatoms. The zero-order chi connectivity index (χ0) is 13.1. The van der Waals surface area contributed by atoms with E-state index < -0.39 is 0 Å². The van der Waals surface area contributed by atoms with Crippen molar-refractivity contribution in [1.82, 2.24) is 9.97 Å². The van der Waals surface area contributed by atoms with E-state index in [1.54, 1.807) is 6.92 Å². The van der Waals surface area contributed by atoms with E-state index >= 15 is 0 Å². The van der Waals surface area contributed by atoms with E-state index in [4.69, 9.17) is 0 Å². The van der Waals surface area contributed by atoms with Crippen LogP contribution in [0.5, 0.6) is 0 Å². The molecule has 1 aromatic carbocycles. The Morgan fingerprint density at radius 2 is 2.22 bits per heavy atom. The average Bonchev–Trinajstić information content (AvgIpc) is 2.27. The van der Waals surface area contributed by atoms with Crippen molar-refractivity contribution in [2.45, 2.75) is 23.6 Å². The Morgan fingerprint density at radius 3 is 2.89 bits per heavy atom. The molecule has 2 aromatic rings. The Bertz CT molecular complexity index is 628. The average molecular weight is 327 g/mol. The van der Waals surface area contributed by atoms with Crippen LogP contribution in [0.2, 0.25) is 0 Å². The van der Waals surface area contributed by atoms with E-state index in [1.165, 1.54) is 17.8 Å². The first-order valence-corrected chi connectivity index (χ1v) is 6.84. The number of H-pyrrole nitrogens is 1. The smallest absolute Gasteiger partial charge is 0.251 e. The maximum absolute atomic E-state index is 11.4. The predicted molar refractivity (Wildman–Crippen MR) is 73.8 cm³/mol. The number of aryl methyl sites for hydroxylation is 1. The molecule has 18 heavy (non-hydrogen) atoms. The number of halogens is 1. The Labute approximate surface area is 117 Å². The van der Waals surface area contributed by atoms with Crippen LogP contribution in [0, 0.1) is 6.92 Å². The second-order valence-corrected chi connectivity index (χ2v) is 5.65. The summed E-state index contributed by atoms with van der Waals surface area (Å²) in [5, 5.41) is 9.80. The van der Waals surface area contributed by atoms with Crippen molar-refractivity contribution in [3.05, 3.63) is 50.3 Å². The zero-order valence-corrected chi connectivity index (χ0v) is 12.0. The van der Waals surface area contributed by atoms with Gasteiger partial charge in [-0.15, -0.1) is 0 Å². The molecule has 0 saturated carbocycles. The van der Waals surface area contributed by atoms with Crippen LogP contribution in [0.1, 0.15) is 11.3 Å². The topological polar surface area (TPSA) is 66.0 Å². The molecule has 94 valence electrons. The second-order valence-electron chi connectivity index (χ2n) is 3.70. The first-order valence-electron chi connectivity index (χ1n) is 5.23. The number of benzene rings is 1. The van der Waals surface area contributed by atoms with Crippen LogP contribution in [-0.2, 0) is 6.61 Å². The number of aliphatic hydroxyl groups excluding tert-OH is 1. The van der Waals surface area contributed by atoms with Crippen LogP contribution in [0.3, 0.4) is 0 Å². The molecule has 2 rings (SSSR count). The number of aliphatic hydroxyl groups is 1. The Balaban J connectivity index is 2.38. The van der Waals surface area contributed by atoms with Crippen LogP contribution in [0.25, 0.3) is 0 Å². The zero-order valence-electron chi connectivity index (χ0n) is 9.61. The number of rotatable bonds is 3. The lowest BCUT2D eigenvalue weighted by molar-refractivity contribution is 0.279. The standard InChI is InChI=1S/C12H11BrN2O2S/c1-7-4-11(17)15-12(14-7)18-10-5-9(13)3-2-8(10)6-16/h2-5,16H,6H2,1H3,(H,14,15,17). The molecule has 0 aliphatic heterocycles. The molecular formula is C12H11BrN2O2S. The van der Waals surface area contributed by atoms with Gasteiger partial charge in [-0.1, -0.05) is 33.8 Å². The van der Waals surface area contributed by atoms with Crippen molar-refractivity contribution in [3.8, 4) is 0 Å². The summed E-state index contributed by atoms with van der Waals surface area (Å²) in [7, 11) is 0. The highest BCUT2D eigenvalue weighted by Crippen LogP contribution is 2.30. The summed E-state index contributed by atoms with van der Waals surface area (Å²) >= 11 is 4.71. The number of hydrogen-bond acceptors (Lipinski definition) is 4. The second kappa shape index (κ2) is 5.69. The van der Waals surface area contributed by atoms with Gasteiger partial charge >= 0.3 is 0 Å². The molecule has 0 bridgehead atoms. The molecule has 0 unspecified atom stereocenters. The van der Waals surface area contributed by atoms with Gasteiger partial charge in [-0.05, 0) is 24.6 Å². The van der Waals surface area contributed by atoms with E-state index in [0.717, 1.165) is 14.9 Å². The van der Waals surface area contributed by atoms with E-state index in [1.807, 2.05) is 18.2 Å². The molecule has 0 spiro atoms. The first kappa shape index (κ1) is 13.3. The molecule has 0 aliphatic rings. The summed E-state index contributed by atoms with van der Waals surface area (Å²) in [6.45, 7) is 1.72. The molecule has 0 atom stereocenters. The Hall–Kier alpha value is -1.11. The van der Waals surface area contributed by atoms with Crippen molar-refractivity contribution in [3.63, 3.8) is 0 Å². The van der Waals surface area contributed by atoms with Gasteiger partial charge in [-0.25, -0.2) is 4.98 Å². The van der Waals surface area contributed by atoms with Crippen LogP contribution in [-0.4, -0.2) is 15.1 Å². The predicted octanol–water partition coefficient (Wildman–Crippen LogP) is 2.48. The van der Waals surface area contributed by atoms with Crippen LogP contribution < -0.4 is 5.56 Å². The Kier molecular flexibility index (Phi) is 4.21. The lowest BCUT2D eigenvalue weighted by Crippen LogP contribution is -2.08. The van der Waals surface area contributed by atoms with E-state index in [2.05, 4.69) is 25.9 Å². The first-order chi connectivity index (χ1) is 8.58. The maximum atomic E-state index is 11.4. The fourth-order valence-corrected chi connectivity index (χ4v) is 2.97. The molecule has 0 amide bonds. The van der Waals surface area contributed by atoms with E-state index in [-0.39, 0.29) is 12.2 Å².